The van der Waals surface area contributed by atoms with Gasteiger partial charge < -0.3 is 9.84 Å². The third-order valence-electron chi connectivity index (χ3n) is 2.19. The van der Waals surface area contributed by atoms with Crippen LogP contribution in [0.1, 0.15) is 31.1 Å². The lowest BCUT2D eigenvalue weighted by Crippen LogP contribution is -2.13. The van der Waals surface area contributed by atoms with E-state index in [4.69, 9.17) is 4.74 Å². The highest BCUT2D eigenvalue weighted by atomic mass is 19.1. The third-order valence-corrected chi connectivity index (χ3v) is 2.19. The number of ether oxygens (including phenoxy) is 1. The molecule has 1 unspecified atom stereocenters. The fourth-order valence-electron chi connectivity index (χ4n) is 1.34. The Bertz CT molecular complexity index is 323. The highest BCUT2D eigenvalue weighted by Crippen LogP contribution is 2.19. The average Bonchev–Trinajstić information content (AvgIpc) is 2.18. The summed E-state index contributed by atoms with van der Waals surface area (Å²) in [5.74, 6) is -0.334. The molecule has 0 fully saturated rings. The second-order valence-electron chi connectivity index (χ2n) is 3.90. The van der Waals surface area contributed by atoms with Gasteiger partial charge in [-0.2, -0.15) is 0 Å². The van der Waals surface area contributed by atoms with Crippen molar-refractivity contribution in [2.24, 2.45) is 0 Å². The molecule has 15 heavy (non-hydrogen) atoms. The predicted molar refractivity (Wildman–Crippen MR) is 57.2 cm³/mol. The van der Waals surface area contributed by atoms with Crippen molar-refractivity contribution in [2.75, 3.05) is 6.61 Å². The fraction of sp³-hybridized carbons (Fsp3) is 0.500. The Morgan fingerprint density at radius 3 is 2.67 bits per heavy atom. The first kappa shape index (κ1) is 12.1. The predicted octanol–water partition coefficient (Wildman–Crippen LogP) is 2.59. The Kier molecular flexibility index (Phi) is 4.24. The average molecular weight is 212 g/mol. The van der Waals surface area contributed by atoms with Crippen molar-refractivity contribution in [1.29, 1.82) is 0 Å². The normalized spacial score (nSPS) is 13.2. The fourth-order valence-corrected chi connectivity index (χ4v) is 1.34. The minimum Gasteiger partial charge on any atom is -0.386 e. The third kappa shape index (κ3) is 3.61. The van der Waals surface area contributed by atoms with Crippen molar-refractivity contribution in [2.45, 2.75) is 33.0 Å². The van der Waals surface area contributed by atoms with Crippen LogP contribution in [-0.2, 0) is 4.74 Å². The molecule has 0 saturated carbocycles. The SMILES string of the molecule is Cc1ccc(F)cc1C(O)COC(C)C. The van der Waals surface area contributed by atoms with Gasteiger partial charge in [0, 0.05) is 0 Å². The number of halogens is 1. The van der Waals surface area contributed by atoms with Crippen LogP contribution in [0, 0.1) is 12.7 Å². The van der Waals surface area contributed by atoms with Gasteiger partial charge in [-0.25, -0.2) is 4.39 Å². The number of aliphatic hydroxyl groups excluding tert-OH is 1. The van der Waals surface area contributed by atoms with Crippen molar-refractivity contribution in [1.82, 2.24) is 0 Å². The van der Waals surface area contributed by atoms with E-state index in [1.807, 2.05) is 20.8 Å². The molecule has 1 aromatic rings. The van der Waals surface area contributed by atoms with Crippen LogP contribution in [0.15, 0.2) is 18.2 Å². The molecular weight excluding hydrogens is 195 g/mol. The molecule has 2 nitrogen and oxygen atoms in total. The number of benzene rings is 1. The van der Waals surface area contributed by atoms with Crippen molar-refractivity contribution >= 4 is 0 Å². The first-order chi connectivity index (χ1) is 7.00. The second kappa shape index (κ2) is 5.24. The topological polar surface area (TPSA) is 29.5 Å². The van der Waals surface area contributed by atoms with Gasteiger partial charge in [-0.05, 0) is 44.0 Å². The summed E-state index contributed by atoms with van der Waals surface area (Å²) < 4.78 is 18.2. The van der Waals surface area contributed by atoms with E-state index < -0.39 is 6.10 Å². The van der Waals surface area contributed by atoms with Crippen LogP contribution in [0.5, 0.6) is 0 Å². The molecule has 0 spiro atoms. The zero-order valence-corrected chi connectivity index (χ0v) is 9.33. The number of aliphatic hydroxyl groups is 1. The molecule has 0 amide bonds. The van der Waals surface area contributed by atoms with Gasteiger partial charge in [0.1, 0.15) is 11.9 Å². The molecule has 0 saturated heterocycles. The van der Waals surface area contributed by atoms with Crippen LogP contribution in [-0.4, -0.2) is 17.8 Å². The van der Waals surface area contributed by atoms with Crippen molar-refractivity contribution < 1.29 is 14.2 Å². The highest BCUT2D eigenvalue weighted by Gasteiger charge is 2.12. The van der Waals surface area contributed by atoms with E-state index in [1.165, 1.54) is 12.1 Å². The van der Waals surface area contributed by atoms with E-state index in [2.05, 4.69) is 0 Å². The quantitative estimate of drug-likeness (QED) is 0.831. The summed E-state index contributed by atoms with van der Waals surface area (Å²) in [7, 11) is 0. The van der Waals surface area contributed by atoms with E-state index in [9.17, 15) is 9.50 Å². The molecule has 0 aliphatic rings. The Morgan fingerprint density at radius 2 is 2.07 bits per heavy atom. The van der Waals surface area contributed by atoms with E-state index >= 15 is 0 Å². The molecule has 0 bridgehead atoms. The second-order valence-corrected chi connectivity index (χ2v) is 3.90. The molecule has 1 atom stereocenters. The lowest BCUT2D eigenvalue weighted by atomic mass is 10.0. The number of hydrogen-bond acceptors (Lipinski definition) is 2. The van der Waals surface area contributed by atoms with Crippen LogP contribution in [0.4, 0.5) is 4.39 Å². The van der Waals surface area contributed by atoms with Gasteiger partial charge in [0.15, 0.2) is 0 Å². The summed E-state index contributed by atoms with van der Waals surface area (Å²) in [5.41, 5.74) is 1.46. The smallest absolute Gasteiger partial charge is 0.123 e. The molecule has 0 heterocycles. The van der Waals surface area contributed by atoms with E-state index in [-0.39, 0.29) is 18.5 Å². The molecule has 0 aliphatic carbocycles. The van der Waals surface area contributed by atoms with Gasteiger partial charge in [-0.3, -0.25) is 0 Å². The van der Waals surface area contributed by atoms with E-state index in [1.54, 1.807) is 6.07 Å². The number of aryl methyl sites for hydroxylation is 1. The van der Waals surface area contributed by atoms with Gasteiger partial charge in [0.05, 0.1) is 12.7 Å². The lowest BCUT2D eigenvalue weighted by molar-refractivity contribution is 0.00459. The maximum Gasteiger partial charge on any atom is 0.123 e. The lowest BCUT2D eigenvalue weighted by Gasteiger charge is -2.15. The first-order valence-electron chi connectivity index (χ1n) is 5.06. The van der Waals surface area contributed by atoms with Crippen molar-refractivity contribution in [3.05, 3.63) is 35.1 Å². The van der Waals surface area contributed by atoms with E-state index in [0.29, 0.717) is 5.56 Å². The summed E-state index contributed by atoms with van der Waals surface area (Å²) in [5, 5.41) is 9.78. The Labute approximate surface area is 89.7 Å². The van der Waals surface area contributed by atoms with Crippen LogP contribution in [0.2, 0.25) is 0 Å². The molecular formula is C12H17FO2. The van der Waals surface area contributed by atoms with Gasteiger partial charge in [-0.1, -0.05) is 6.07 Å². The standard InChI is InChI=1S/C12H17FO2/c1-8(2)15-7-12(14)11-6-10(13)5-4-9(11)3/h4-6,8,12,14H,7H2,1-3H3. The maximum atomic E-state index is 13.0. The molecule has 0 radical (unpaired) electrons. The monoisotopic (exact) mass is 212 g/mol. The zero-order valence-electron chi connectivity index (χ0n) is 9.33. The summed E-state index contributed by atoms with van der Waals surface area (Å²) in [6.07, 6.45) is -0.698. The van der Waals surface area contributed by atoms with Gasteiger partial charge in [-0.15, -0.1) is 0 Å². The summed E-state index contributed by atoms with van der Waals surface area (Å²) in [6, 6.07) is 4.39. The van der Waals surface area contributed by atoms with Crippen LogP contribution >= 0.6 is 0 Å². The minimum atomic E-state index is -0.761. The maximum absolute atomic E-state index is 13.0. The minimum absolute atomic E-state index is 0.0634. The van der Waals surface area contributed by atoms with Gasteiger partial charge in [0.2, 0.25) is 0 Å². The van der Waals surface area contributed by atoms with Crippen molar-refractivity contribution in [3.63, 3.8) is 0 Å². The van der Waals surface area contributed by atoms with Crippen LogP contribution in [0.25, 0.3) is 0 Å². The first-order valence-corrected chi connectivity index (χ1v) is 5.06. The van der Waals surface area contributed by atoms with Crippen molar-refractivity contribution in [3.8, 4) is 0 Å². The molecule has 0 aromatic heterocycles. The number of rotatable bonds is 4. The molecule has 0 aliphatic heterocycles. The molecule has 3 heteroatoms. The van der Waals surface area contributed by atoms with Gasteiger partial charge in [0.25, 0.3) is 0 Å². The largest absolute Gasteiger partial charge is 0.386 e. The molecule has 1 rings (SSSR count). The summed E-state index contributed by atoms with van der Waals surface area (Å²) in [6.45, 7) is 5.83. The summed E-state index contributed by atoms with van der Waals surface area (Å²) >= 11 is 0. The zero-order chi connectivity index (χ0) is 11.4. The summed E-state index contributed by atoms with van der Waals surface area (Å²) in [4.78, 5) is 0. The van der Waals surface area contributed by atoms with Crippen LogP contribution < -0.4 is 0 Å². The van der Waals surface area contributed by atoms with Gasteiger partial charge >= 0.3 is 0 Å². The molecule has 1 N–H and O–H groups in total. The van der Waals surface area contributed by atoms with Crippen LogP contribution in [0.3, 0.4) is 0 Å². The molecule has 84 valence electrons. The Hall–Kier alpha value is -0.930. The Balaban J connectivity index is 2.72. The number of hydrogen-bond donors (Lipinski definition) is 1. The Morgan fingerprint density at radius 1 is 1.40 bits per heavy atom. The molecule has 1 aromatic carbocycles. The van der Waals surface area contributed by atoms with E-state index in [0.717, 1.165) is 5.56 Å². The highest BCUT2D eigenvalue weighted by molar-refractivity contribution is 5.28.